The molecule has 0 unspecified atom stereocenters. The number of methoxy groups -OCH3 is 1. The summed E-state index contributed by atoms with van der Waals surface area (Å²) in [6, 6.07) is 15.2. The monoisotopic (exact) mass is 553 g/mol. The maximum absolute atomic E-state index is 11.9. The van der Waals surface area contributed by atoms with Gasteiger partial charge in [-0.05, 0) is 31.2 Å². The molecule has 0 aliphatic carbocycles. The molecule has 0 fully saturated rings. The van der Waals surface area contributed by atoms with E-state index in [4.69, 9.17) is 23.7 Å². The number of nitrogens with zero attached hydrogens (tertiary/aromatic N) is 1. The summed E-state index contributed by atoms with van der Waals surface area (Å²) in [4.78, 5) is 39.7. The number of aliphatic hydroxyl groups excluding tert-OH is 1. The van der Waals surface area contributed by atoms with Gasteiger partial charge in [0, 0.05) is 45.4 Å². The summed E-state index contributed by atoms with van der Waals surface area (Å²) in [7, 11) is 1.27. The lowest BCUT2D eigenvalue weighted by Crippen LogP contribution is -2.51. The van der Waals surface area contributed by atoms with Crippen LogP contribution >= 0.6 is 0 Å². The van der Waals surface area contributed by atoms with E-state index in [0.29, 0.717) is 5.69 Å². The van der Waals surface area contributed by atoms with Crippen molar-refractivity contribution in [3.63, 3.8) is 0 Å². The van der Waals surface area contributed by atoms with Gasteiger partial charge in [-0.2, -0.15) is 0 Å². The number of rotatable bonds is 11. The number of esters is 3. The van der Waals surface area contributed by atoms with Crippen LogP contribution in [0.5, 0.6) is 11.5 Å². The zero-order chi connectivity index (χ0) is 29.4. The number of phenols is 1. The second-order valence-corrected chi connectivity index (χ2v) is 8.82. The van der Waals surface area contributed by atoms with Gasteiger partial charge < -0.3 is 33.9 Å². The number of fused-ring (bicyclic) bond motifs is 1. The third-order valence-electron chi connectivity index (χ3n) is 5.64. The zero-order valence-corrected chi connectivity index (χ0v) is 22.7. The molecule has 2 aromatic carbocycles. The molecule has 0 bridgehead atoms. The number of carbonyl (C=O) groups is 3. The molecule has 0 aliphatic rings. The lowest BCUT2D eigenvalue weighted by Gasteiger charge is -2.34. The number of para-hydroxylation sites is 1. The fraction of sp³-hybridized carbons (Fsp3) is 0.310. The summed E-state index contributed by atoms with van der Waals surface area (Å²) >= 11 is 0. The highest BCUT2D eigenvalue weighted by Crippen LogP contribution is 2.31. The van der Waals surface area contributed by atoms with Crippen molar-refractivity contribution in [2.75, 3.05) is 7.11 Å². The Morgan fingerprint density at radius 1 is 0.875 bits per heavy atom. The van der Waals surface area contributed by atoms with Crippen LogP contribution in [0.1, 0.15) is 39.0 Å². The highest BCUT2D eigenvalue weighted by Gasteiger charge is 2.41. The van der Waals surface area contributed by atoms with Crippen LogP contribution in [-0.2, 0) is 33.3 Å². The Morgan fingerprint density at radius 3 is 2.15 bits per heavy atom. The maximum atomic E-state index is 11.9. The predicted octanol–water partition coefficient (Wildman–Crippen LogP) is 4.16. The van der Waals surface area contributed by atoms with Crippen LogP contribution in [0.2, 0.25) is 0 Å². The van der Waals surface area contributed by atoms with Crippen molar-refractivity contribution < 1.29 is 48.3 Å². The van der Waals surface area contributed by atoms with Crippen molar-refractivity contribution in [1.29, 1.82) is 0 Å². The van der Waals surface area contributed by atoms with Crippen LogP contribution in [0, 0.1) is 0 Å². The molecule has 0 saturated heterocycles. The standard InChI is InChI=1S/C29H31NO10/c1-16(37-17(2)31)27(38-18(3)32)28(39-19(4)33)29(36-5)40-22-12-13-23(26(35)15-22)25(34)14-21-11-10-20-8-6-7-9-24(20)30-21/h6-16,27-29,34-35H,1-5H3/b25-14-/t16-,27-,28+,29+/m0/s1. The Morgan fingerprint density at radius 2 is 1.52 bits per heavy atom. The van der Waals surface area contributed by atoms with Crippen molar-refractivity contribution in [2.24, 2.45) is 0 Å². The second kappa shape index (κ2) is 13.4. The molecule has 0 spiro atoms. The molecule has 1 heterocycles. The van der Waals surface area contributed by atoms with Gasteiger partial charge in [0.1, 0.15) is 23.4 Å². The molecule has 3 aromatic rings. The third kappa shape index (κ3) is 7.93. The molecule has 0 radical (unpaired) electrons. The van der Waals surface area contributed by atoms with E-state index < -0.39 is 42.5 Å². The number of aromatic nitrogens is 1. The van der Waals surface area contributed by atoms with E-state index in [2.05, 4.69) is 4.98 Å². The number of hydrogen-bond acceptors (Lipinski definition) is 11. The number of benzene rings is 2. The van der Waals surface area contributed by atoms with Crippen LogP contribution in [0.25, 0.3) is 22.7 Å². The summed E-state index contributed by atoms with van der Waals surface area (Å²) in [5.41, 5.74) is 1.34. The minimum absolute atomic E-state index is 0.0728. The highest BCUT2D eigenvalue weighted by atomic mass is 16.7. The molecule has 0 aliphatic heterocycles. The average molecular weight is 554 g/mol. The first-order chi connectivity index (χ1) is 19.0. The molecule has 1 aromatic heterocycles. The summed E-state index contributed by atoms with van der Waals surface area (Å²) in [5.74, 6) is -2.59. The average Bonchev–Trinajstić information content (AvgIpc) is 2.88. The highest BCUT2D eigenvalue weighted by molar-refractivity contribution is 5.83. The van der Waals surface area contributed by atoms with Gasteiger partial charge in [-0.15, -0.1) is 0 Å². The van der Waals surface area contributed by atoms with Gasteiger partial charge in [-0.3, -0.25) is 14.4 Å². The number of aromatic hydroxyl groups is 1. The van der Waals surface area contributed by atoms with Crippen molar-refractivity contribution >= 4 is 40.6 Å². The lowest BCUT2D eigenvalue weighted by molar-refractivity contribution is -0.215. The molecule has 40 heavy (non-hydrogen) atoms. The Hall–Kier alpha value is -4.64. The number of phenolic OH excluding ortho intramolecular Hbond substituents is 1. The van der Waals surface area contributed by atoms with E-state index in [1.54, 1.807) is 6.07 Å². The number of pyridine rings is 1. The third-order valence-corrected chi connectivity index (χ3v) is 5.64. The van der Waals surface area contributed by atoms with Gasteiger partial charge in [-0.25, -0.2) is 4.98 Å². The number of carbonyl (C=O) groups excluding carboxylic acids is 3. The number of aliphatic hydroxyl groups is 1. The predicted molar refractivity (Wildman–Crippen MR) is 144 cm³/mol. The Bertz CT molecular complexity index is 1400. The topological polar surface area (TPSA) is 151 Å². The van der Waals surface area contributed by atoms with Gasteiger partial charge in [0.15, 0.2) is 6.10 Å². The molecular formula is C29H31NO10. The van der Waals surface area contributed by atoms with Crippen LogP contribution in [0.15, 0.2) is 54.6 Å². The Labute approximate surface area is 230 Å². The van der Waals surface area contributed by atoms with Gasteiger partial charge >= 0.3 is 17.9 Å². The summed E-state index contributed by atoms with van der Waals surface area (Å²) in [5, 5.41) is 22.3. The first-order valence-corrected chi connectivity index (χ1v) is 12.3. The maximum Gasteiger partial charge on any atom is 0.303 e. The Kier molecular flexibility index (Phi) is 10.0. The van der Waals surface area contributed by atoms with Crippen LogP contribution in [-0.4, -0.2) is 64.8 Å². The van der Waals surface area contributed by atoms with Crippen LogP contribution < -0.4 is 4.74 Å². The molecule has 4 atom stereocenters. The molecule has 11 heteroatoms. The molecule has 11 nitrogen and oxygen atoms in total. The molecule has 0 saturated carbocycles. The SMILES string of the molecule is CO[C@H](Oc1ccc(/C(O)=C/c2ccc3ccccc3n2)c(O)c1)[C@H](OC(C)=O)[C@@H](OC(C)=O)[C@H](C)OC(C)=O. The largest absolute Gasteiger partial charge is 0.507 e. The van der Waals surface area contributed by atoms with Crippen molar-refractivity contribution in [2.45, 2.75) is 52.3 Å². The molecule has 2 N–H and O–H groups in total. The molecular weight excluding hydrogens is 522 g/mol. The van der Waals surface area contributed by atoms with Gasteiger partial charge in [0.05, 0.1) is 16.8 Å². The fourth-order valence-corrected chi connectivity index (χ4v) is 3.98. The fourth-order valence-electron chi connectivity index (χ4n) is 3.98. The van der Waals surface area contributed by atoms with Crippen LogP contribution in [0.3, 0.4) is 0 Å². The number of hydrogen-bond donors (Lipinski definition) is 2. The summed E-state index contributed by atoms with van der Waals surface area (Å²) in [6.45, 7) is 4.92. The van der Waals surface area contributed by atoms with Gasteiger partial charge in [0.25, 0.3) is 0 Å². The van der Waals surface area contributed by atoms with Crippen LogP contribution in [0.4, 0.5) is 0 Å². The van der Waals surface area contributed by atoms with E-state index in [-0.39, 0.29) is 22.8 Å². The number of ether oxygens (including phenoxy) is 5. The van der Waals surface area contributed by atoms with E-state index in [1.807, 2.05) is 30.3 Å². The van der Waals surface area contributed by atoms with Crippen molar-refractivity contribution in [3.8, 4) is 11.5 Å². The molecule has 0 amide bonds. The zero-order valence-electron chi connectivity index (χ0n) is 22.7. The van der Waals surface area contributed by atoms with Gasteiger partial charge in [-0.1, -0.05) is 24.3 Å². The van der Waals surface area contributed by atoms with E-state index in [9.17, 15) is 24.6 Å². The quantitative estimate of drug-likeness (QED) is 0.152. The minimum Gasteiger partial charge on any atom is -0.507 e. The first kappa shape index (κ1) is 29.9. The van der Waals surface area contributed by atoms with Crippen molar-refractivity contribution in [1.82, 2.24) is 4.98 Å². The summed E-state index contributed by atoms with van der Waals surface area (Å²) in [6.07, 6.45) is -3.63. The van der Waals surface area contributed by atoms with E-state index in [0.717, 1.165) is 24.8 Å². The van der Waals surface area contributed by atoms with Gasteiger partial charge in [0.2, 0.25) is 12.4 Å². The van der Waals surface area contributed by atoms with Crippen molar-refractivity contribution in [3.05, 3.63) is 65.9 Å². The minimum atomic E-state index is -1.37. The second-order valence-electron chi connectivity index (χ2n) is 8.82. The molecule has 3 rings (SSSR count). The molecule has 212 valence electrons. The summed E-state index contributed by atoms with van der Waals surface area (Å²) < 4.78 is 27.0. The lowest BCUT2D eigenvalue weighted by atomic mass is 10.1. The van der Waals surface area contributed by atoms with E-state index in [1.165, 1.54) is 45.2 Å². The Balaban J connectivity index is 1.87. The smallest absolute Gasteiger partial charge is 0.303 e. The first-order valence-electron chi connectivity index (χ1n) is 12.3. The normalized spacial score (nSPS) is 14.5. The van der Waals surface area contributed by atoms with E-state index >= 15 is 0 Å².